The highest BCUT2D eigenvalue weighted by Gasteiger charge is 2.17. The Morgan fingerprint density at radius 2 is 1.95 bits per heavy atom. The number of aromatic nitrogens is 5. The maximum absolute atomic E-state index is 12.2. The largest absolute Gasteiger partial charge is 0.494 e. The third-order valence-electron chi connectivity index (χ3n) is 5.88. The third-order valence-corrected chi connectivity index (χ3v) is 5.88. The molecular weight excluding hydrogens is 470 g/mol. The Kier molecular flexibility index (Phi) is 7.63. The molecule has 0 aliphatic carbocycles. The zero-order valence-corrected chi connectivity index (χ0v) is 21.7. The van der Waals surface area contributed by atoms with Crippen LogP contribution < -0.4 is 20.3 Å². The number of hydrogen-bond acceptors (Lipinski definition) is 9. The molecule has 0 unspecified atom stereocenters. The summed E-state index contributed by atoms with van der Waals surface area (Å²) >= 11 is 0. The van der Waals surface area contributed by atoms with Crippen LogP contribution in [0.3, 0.4) is 0 Å². The molecule has 11 heteroatoms. The predicted octanol–water partition coefficient (Wildman–Crippen LogP) is 3.30. The monoisotopic (exact) mass is 501 g/mol. The first-order chi connectivity index (χ1) is 17.8. The first-order valence-corrected chi connectivity index (χ1v) is 11.7. The molecule has 192 valence electrons. The lowest BCUT2D eigenvalue weighted by atomic mass is 10.1. The number of aryl methyl sites for hydroxylation is 1. The second kappa shape index (κ2) is 11.0. The van der Waals surface area contributed by atoms with Gasteiger partial charge >= 0.3 is 0 Å². The van der Waals surface area contributed by atoms with Crippen molar-refractivity contribution in [2.45, 2.75) is 0 Å². The zero-order valence-electron chi connectivity index (χ0n) is 21.7. The number of benzene rings is 2. The Bertz CT molecular complexity index is 1430. The summed E-state index contributed by atoms with van der Waals surface area (Å²) in [5.41, 5.74) is 3.81. The topological polar surface area (TPSA) is 113 Å². The van der Waals surface area contributed by atoms with E-state index in [2.05, 4.69) is 47.1 Å². The summed E-state index contributed by atoms with van der Waals surface area (Å²) in [7, 11) is 9.47. The predicted molar refractivity (Wildman–Crippen MR) is 146 cm³/mol. The van der Waals surface area contributed by atoms with Gasteiger partial charge in [0.15, 0.2) is 5.82 Å². The molecule has 0 saturated heterocycles. The van der Waals surface area contributed by atoms with Crippen molar-refractivity contribution in [1.82, 2.24) is 29.6 Å². The summed E-state index contributed by atoms with van der Waals surface area (Å²) in [4.78, 5) is 29.6. The maximum Gasteiger partial charge on any atom is 0.247 e. The van der Waals surface area contributed by atoms with Crippen molar-refractivity contribution in [2.75, 3.05) is 56.9 Å². The van der Waals surface area contributed by atoms with Crippen molar-refractivity contribution in [2.24, 2.45) is 7.05 Å². The summed E-state index contributed by atoms with van der Waals surface area (Å²) in [6, 6.07) is 9.59. The number of carbonyl (C=O) groups excluding carboxylic acids is 1. The van der Waals surface area contributed by atoms with E-state index >= 15 is 0 Å². The smallest absolute Gasteiger partial charge is 0.247 e. The van der Waals surface area contributed by atoms with Crippen molar-refractivity contribution in [3.63, 3.8) is 0 Å². The molecule has 37 heavy (non-hydrogen) atoms. The third kappa shape index (κ3) is 5.84. The normalized spacial score (nSPS) is 11.0. The fourth-order valence-electron chi connectivity index (χ4n) is 3.81. The van der Waals surface area contributed by atoms with Crippen LogP contribution in [0.1, 0.15) is 0 Å². The molecule has 4 rings (SSSR count). The summed E-state index contributed by atoms with van der Waals surface area (Å²) in [5.74, 6) is 1.11. The van der Waals surface area contributed by atoms with E-state index < -0.39 is 0 Å². The van der Waals surface area contributed by atoms with E-state index in [1.807, 2.05) is 58.7 Å². The van der Waals surface area contributed by atoms with Gasteiger partial charge < -0.3 is 25.2 Å². The zero-order chi connectivity index (χ0) is 26.5. The first kappa shape index (κ1) is 25.6. The van der Waals surface area contributed by atoms with Crippen LogP contribution in [0.5, 0.6) is 5.75 Å². The molecule has 0 aliphatic heterocycles. The number of fused-ring (bicyclic) bond motifs is 1. The number of anilines is 4. The highest BCUT2D eigenvalue weighted by molar-refractivity contribution is 6.02. The van der Waals surface area contributed by atoms with Crippen LogP contribution in [0.15, 0.2) is 55.5 Å². The summed E-state index contributed by atoms with van der Waals surface area (Å²) < 4.78 is 7.48. The minimum atomic E-state index is -0.314. The first-order valence-electron chi connectivity index (χ1n) is 11.7. The van der Waals surface area contributed by atoms with Crippen LogP contribution >= 0.6 is 0 Å². The van der Waals surface area contributed by atoms with Crippen molar-refractivity contribution >= 4 is 39.8 Å². The number of likely N-dealkylation sites (N-methyl/N-ethyl adjacent to an activating group) is 2. The molecule has 0 fully saturated rings. The van der Waals surface area contributed by atoms with Gasteiger partial charge in [0.1, 0.15) is 12.1 Å². The quantitative estimate of drug-likeness (QED) is 0.316. The second-order valence-electron chi connectivity index (χ2n) is 8.79. The lowest BCUT2D eigenvalue weighted by Gasteiger charge is -2.25. The van der Waals surface area contributed by atoms with Gasteiger partial charge in [0.2, 0.25) is 11.9 Å². The van der Waals surface area contributed by atoms with Gasteiger partial charge in [-0.15, -0.1) is 0 Å². The number of hydrogen-bond donors (Lipinski definition) is 2. The van der Waals surface area contributed by atoms with Gasteiger partial charge in [-0.1, -0.05) is 18.7 Å². The number of nitrogens with one attached hydrogen (secondary N) is 2. The Balaban J connectivity index is 1.68. The average Bonchev–Trinajstić information content (AvgIpc) is 3.27. The fourth-order valence-corrected chi connectivity index (χ4v) is 3.81. The minimum Gasteiger partial charge on any atom is -0.494 e. The second-order valence-corrected chi connectivity index (χ2v) is 8.79. The van der Waals surface area contributed by atoms with Gasteiger partial charge in [-0.05, 0) is 32.3 Å². The Morgan fingerprint density at radius 3 is 2.68 bits per heavy atom. The van der Waals surface area contributed by atoms with E-state index in [9.17, 15) is 4.79 Å². The number of amides is 1. The summed E-state index contributed by atoms with van der Waals surface area (Å²) in [6.45, 7) is 5.16. The summed E-state index contributed by atoms with van der Waals surface area (Å²) in [5, 5.41) is 11.4. The molecule has 11 nitrogen and oxygen atoms in total. The van der Waals surface area contributed by atoms with E-state index in [0.29, 0.717) is 28.9 Å². The van der Waals surface area contributed by atoms with Gasteiger partial charge in [-0.25, -0.2) is 9.97 Å². The van der Waals surface area contributed by atoms with Crippen LogP contribution in [-0.4, -0.2) is 76.9 Å². The van der Waals surface area contributed by atoms with E-state index in [0.717, 1.165) is 35.2 Å². The summed E-state index contributed by atoms with van der Waals surface area (Å²) in [6.07, 6.45) is 4.50. The minimum absolute atomic E-state index is 0.314. The number of carbonyl (C=O) groups is 1. The lowest BCUT2D eigenvalue weighted by molar-refractivity contribution is -0.111. The van der Waals surface area contributed by atoms with E-state index in [1.165, 1.54) is 12.4 Å². The highest BCUT2D eigenvalue weighted by Crippen LogP contribution is 2.38. The lowest BCUT2D eigenvalue weighted by Crippen LogP contribution is -2.29. The Labute approximate surface area is 215 Å². The number of ether oxygens (including phenoxy) is 1. The molecule has 0 spiro atoms. The van der Waals surface area contributed by atoms with Crippen molar-refractivity contribution in [1.29, 1.82) is 0 Å². The molecule has 4 aromatic rings. The highest BCUT2D eigenvalue weighted by atomic mass is 16.5. The van der Waals surface area contributed by atoms with E-state index in [-0.39, 0.29) is 5.91 Å². The molecular formula is C26H31N9O2. The van der Waals surface area contributed by atoms with Crippen LogP contribution in [-0.2, 0) is 11.8 Å². The standard InChI is InChI=1S/C26H31N9O2/c1-7-24(36)30-19-13-20(23(37-6)14-22(19)34(4)11-10-33(2)3)31-26-28-16-27-25(32-26)17-8-9-18-15-29-35(5)21(18)12-17/h7-9,12-16H,1,10-11H2,2-6H3,(H,30,36)(H,27,28,31,32). The van der Waals surface area contributed by atoms with Gasteiger partial charge in [-0.3, -0.25) is 9.48 Å². The molecule has 0 radical (unpaired) electrons. The molecule has 2 aromatic carbocycles. The van der Waals surface area contributed by atoms with Crippen molar-refractivity contribution in [3.8, 4) is 17.1 Å². The molecule has 2 heterocycles. The average molecular weight is 502 g/mol. The molecule has 0 saturated carbocycles. The van der Waals surface area contributed by atoms with Crippen molar-refractivity contribution < 1.29 is 9.53 Å². The van der Waals surface area contributed by atoms with E-state index in [1.54, 1.807) is 17.9 Å². The molecule has 1 amide bonds. The van der Waals surface area contributed by atoms with Crippen LogP contribution in [0.2, 0.25) is 0 Å². The van der Waals surface area contributed by atoms with Crippen LogP contribution in [0, 0.1) is 0 Å². The maximum atomic E-state index is 12.2. The fraction of sp³-hybridized carbons (Fsp3) is 0.269. The van der Waals surface area contributed by atoms with Gasteiger partial charge in [0.25, 0.3) is 0 Å². The Hall–Kier alpha value is -4.51. The number of methoxy groups -OCH3 is 1. The van der Waals surface area contributed by atoms with Crippen LogP contribution in [0.25, 0.3) is 22.3 Å². The van der Waals surface area contributed by atoms with Gasteiger partial charge in [0.05, 0.1) is 35.9 Å². The molecule has 0 aliphatic rings. The molecule has 2 N–H and O–H groups in total. The van der Waals surface area contributed by atoms with E-state index in [4.69, 9.17) is 4.74 Å². The molecule has 2 aromatic heterocycles. The molecule has 0 bridgehead atoms. The van der Waals surface area contributed by atoms with Crippen molar-refractivity contribution in [3.05, 3.63) is 55.5 Å². The Morgan fingerprint density at radius 1 is 1.14 bits per heavy atom. The van der Waals surface area contributed by atoms with Crippen LogP contribution in [0.4, 0.5) is 23.0 Å². The number of nitrogens with zero attached hydrogens (tertiary/aromatic N) is 7. The SMILES string of the molecule is C=CC(=O)Nc1cc(Nc2ncnc(-c3ccc4cnn(C)c4c3)n2)c(OC)cc1N(C)CCN(C)C. The van der Waals surface area contributed by atoms with Gasteiger partial charge in [0, 0.05) is 44.2 Å². The number of rotatable bonds is 10. The van der Waals surface area contributed by atoms with Gasteiger partial charge in [-0.2, -0.15) is 10.1 Å². The molecule has 0 atom stereocenters.